The van der Waals surface area contributed by atoms with Crippen molar-refractivity contribution in [2.24, 2.45) is 5.73 Å². The molecule has 5 heteroatoms. The van der Waals surface area contributed by atoms with E-state index in [1.165, 1.54) is 0 Å². The second-order valence-corrected chi connectivity index (χ2v) is 6.06. The third-order valence-corrected chi connectivity index (χ3v) is 4.92. The fourth-order valence-electron chi connectivity index (χ4n) is 2.20. The van der Waals surface area contributed by atoms with E-state index in [1.807, 2.05) is 13.8 Å². The molecule has 1 heterocycles. The van der Waals surface area contributed by atoms with Crippen molar-refractivity contribution >= 4 is 10.0 Å². The van der Waals surface area contributed by atoms with E-state index in [4.69, 9.17) is 5.73 Å². The highest BCUT2D eigenvalue weighted by Gasteiger charge is 2.33. The van der Waals surface area contributed by atoms with Crippen LogP contribution in [-0.4, -0.2) is 37.1 Å². The Labute approximate surface area is 86.5 Å². The van der Waals surface area contributed by atoms with Crippen LogP contribution in [0.1, 0.15) is 33.1 Å². The molecule has 0 aromatic rings. The third-order valence-electron chi connectivity index (χ3n) is 2.81. The Morgan fingerprint density at radius 1 is 1.29 bits per heavy atom. The summed E-state index contributed by atoms with van der Waals surface area (Å²) in [6.45, 7) is 4.16. The summed E-state index contributed by atoms with van der Waals surface area (Å²) < 4.78 is 25.3. The Morgan fingerprint density at radius 3 is 2.21 bits per heavy atom. The summed E-state index contributed by atoms with van der Waals surface area (Å²) in [6, 6.07) is 0.269. The van der Waals surface area contributed by atoms with Crippen molar-refractivity contribution in [1.29, 1.82) is 0 Å². The molecule has 4 nitrogen and oxygen atoms in total. The lowest BCUT2D eigenvalue weighted by Crippen LogP contribution is -2.49. The van der Waals surface area contributed by atoms with Gasteiger partial charge in [-0.1, -0.05) is 6.42 Å². The third kappa shape index (κ3) is 2.46. The predicted molar refractivity (Wildman–Crippen MR) is 57.5 cm³/mol. The summed E-state index contributed by atoms with van der Waals surface area (Å²) in [7, 11) is -3.12. The van der Waals surface area contributed by atoms with E-state index in [0.29, 0.717) is 0 Å². The van der Waals surface area contributed by atoms with Crippen molar-refractivity contribution in [2.45, 2.75) is 45.2 Å². The maximum Gasteiger partial charge on any atom is 0.215 e. The molecule has 0 aliphatic carbocycles. The molecule has 1 fully saturated rings. The monoisotopic (exact) mass is 220 g/mol. The van der Waals surface area contributed by atoms with Gasteiger partial charge in [-0.2, -0.15) is 4.31 Å². The topological polar surface area (TPSA) is 63.4 Å². The SMILES string of the molecule is C[C@@H]1CCC[C@H](C)N1S(=O)(=O)CCN. The van der Waals surface area contributed by atoms with Gasteiger partial charge < -0.3 is 5.73 Å². The van der Waals surface area contributed by atoms with Crippen molar-refractivity contribution in [1.82, 2.24) is 4.31 Å². The standard InChI is InChI=1S/C9H20N2O2S/c1-8-4-3-5-9(2)11(8)14(12,13)7-6-10/h8-9H,3-7,10H2,1-2H3/t8-,9+. The minimum Gasteiger partial charge on any atom is -0.329 e. The van der Waals surface area contributed by atoms with Gasteiger partial charge in [0.1, 0.15) is 0 Å². The number of sulfonamides is 1. The molecule has 1 aliphatic heterocycles. The lowest BCUT2D eigenvalue weighted by Gasteiger charge is -2.37. The van der Waals surface area contributed by atoms with E-state index in [1.54, 1.807) is 4.31 Å². The van der Waals surface area contributed by atoms with Gasteiger partial charge in [-0.3, -0.25) is 0 Å². The number of nitrogens with zero attached hydrogens (tertiary/aromatic N) is 1. The zero-order chi connectivity index (χ0) is 10.8. The largest absolute Gasteiger partial charge is 0.329 e. The van der Waals surface area contributed by atoms with Crippen LogP contribution >= 0.6 is 0 Å². The molecule has 1 saturated heterocycles. The van der Waals surface area contributed by atoms with Gasteiger partial charge in [-0.05, 0) is 26.7 Å². The Balaban J connectivity index is 2.82. The molecule has 0 saturated carbocycles. The Hall–Kier alpha value is -0.130. The van der Waals surface area contributed by atoms with Crippen molar-refractivity contribution in [3.63, 3.8) is 0 Å². The van der Waals surface area contributed by atoms with Crippen LogP contribution in [0.2, 0.25) is 0 Å². The summed E-state index contributed by atoms with van der Waals surface area (Å²) in [5.74, 6) is 0.0711. The van der Waals surface area contributed by atoms with Crippen molar-refractivity contribution in [3.8, 4) is 0 Å². The summed E-state index contributed by atoms with van der Waals surface area (Å²) in [5.41, 5.74) is 5.31. The van der Waals surface area contributed by atoms with E-state index < -0.39 is 10.0 Å². The number of piperidine rings is 1. The van der Waals surface area contributed by atoms with Crippen LogP contribution in [0.25, 0.3) is 0 Å². The first-order valence-electron chi connectivity index (χ1n) is 5.20. The van der Waals surface area contributed by atoms with Crippen molar-refractivity contribution in [3.05, 3.63) is 0 Å². The average molecular weight is 220 g/mol. The van der Waals surface area contributed by atoms with Gasteiger partial charge in [0.25, 0.3) is 0 Å². The Bertz CT molecular complexity index is 267. The van der Waals surface area contributed by atoms with Crippen LogP contribution in [0.15, 0.2) is 0 Å². The normalized spacial score (nSPS) is 30.5. The summed E-state index contributed by atoms with van der Waals surface area (Å²) in [5, 5.41) is 0. The molecule has 0 bridgehead atoms. The fraction of sp³-hybridized carbons (Fsp3) is 1.00. The van der Waals surface area contributed by atoms with Gasteiger partial charge in [0.2, 0.25) is 10.0 Å². The lowest BCUT2D eigenvalue weighted by molar-refractivity contribution is 0.204. The van der Waals surface area contributed by atoms with Crippen LogP contribution in [0.5, 0.6) is 0 Å². The van der Waals surface area contributed by atoms with Gasteiger partial charge in [0.15, 0.2) is 0 Å². The minimum atomic E-state index is -3.12. The highest BCUT2D eigenvalue weighted by molar-refractivity contribution is 7.89. The molecule has 0 aromatic carbocycles. The Kier molecular flexibility index (Phi) is 3.92. The zero-order valence-corrected chi connectivity index (χ0v) is 9.76. The first-order chi connectivity index (χ1) is 6.49. The molecule has 0 unspecified atom stereocenters. The second kappa shape index (κ2) is 4.59. The molecule has 2 atom stereocenters. The molecule has 0 amide bonds. The van der Waals surface area contributed by atoms with E-state index in [2.05, 4.69) is 0 Å². The molecule has 1 rings (SSSR count). The molecule has 14 heavy (non-hydrogen) atoms. The first kappa shape index (κ1) is 11.9. The molecule has 0 aromatic heterocycles. The zero-order valence-electron chi connectivity index (χ0n) is 8.94. The van der Waals surface area contributed by atoms with Crippen LogP contribution in [0.3, 0.4) is 0 Å². The average Bonchev–Trinajstić information content (AvgIpc) is 2.02. The van der Waals surface area contributed by atoms with Gasteiger partial charge in [-0.15, -0.1) is 0 Å². The van der Waals surface area contributed by atoms with Crippen LogP contribution in [0, 0.1) is 0 Å². The number of hydrogen-bond donors (Lipinski definition) is 1. The van der Waals surface area contributed by atoms with Crippen LogP contribution in [0.4, 0.5) is 0 Å². The van der Waals surface area contributed by atoms with Gasteiger partial charge in [0, 0.05) is 18.6 Å². The van der Waals surface area contributed by atoms with E-state index in [0.717, 1.165) is 19.3 Å². The molecular weight excluding hydrogens is 200 g/mol. The molecule has 1 aliphatic rings. The Morgan fingerprint density at radius 2 is 1.79 bits per heavy atom. The fourth-order valence-corrected chi connectivity index (χ4v) is 4.02. The van der Waals surface area contributed by atoms with Gasteiger partial charge in [-0.25, -0.2) is 8.42 Å². The number of nitrogens with two attached hydrogens (primary N) is 1. The second-order valence-electron chi connectivity index (χ2n) is 4.06. The summed E-state index contributed by atoms with van der Waals surface area (Å²) in [6.07, 6.45) is 3.05. The maximum atomic E-state index is 11.9. The minimum absolute atomic E-state index is 0.0711. The first-order valence-corrected chi connectivity index (χ1v) is 6.81. The summed E-state index contributed by atoms with van der Waals surface area (Å²) >= 11 is 0. The lowest BCUT2D eigenvalue weighted by atomic mass is 10.0. The molecular formula is C9H20N2O2S. The van der Waals surface area contributed by atoms with Crippen LogP contribution in [-0.2, 0) is 10.0 Å². The summed E-state index contributed by atoms with van der Waals surface area (Å²) in [4.78, 5) is 0. The number of rotatable bonds is 3. The molecule has 84 valence electrons. The quantitative estimate of drug-likeness (QED) is 0.755. The highest BCUT2D eigenvalue weighted by Crippen LogP contribution is 2.25. The molecule has 0 radical (unpaired) electrons. The molecule has 2 N–H and O–H groups in total. The van der Waals surface area contributed by atoms with E-state index in [9.17, 15) is 8.42 Å². The van der Waals surface area contributed by atoms with Crippen molar-refractivity contribution < 1.29 is 8.42 Å². The van der Waals surface area contributed by atoms with Gasteiger partial charge in [0.05, 0.1) is 5.75 Å². The van der Waals surface area contributed by atoms with E-state index in [-0.39, 0.29) is 24.4 Å². The van der Waals surface area contributed by atoms with Gasteiger partial charge >= 0.3 is 0 Å². The smallest absolute Gasteiger partial charge is 0.215 e. The van der Waals surface area contributed by atoms with Crippen LogP contribution < -0.4 is 5.73 Å². The predicted octanol–water partition coefficient (Wildman–Crippen LogP) is 0.538. The highest BCUT2D eigenvalue weighted by atomic mass is 32.2. The number of hydrogen-bond acceptors (Lipinski definition) is 3. The maximum absolute atomic E-state index is 11.9. The molecule has 0 spiro atoms. The van der Waals surface area contributed by atoms with Crippen molar-refractivity contribution in [2.75, 3.05) is 12.3 Å². The van der Waals surface area contributed by atoms with E-state index >= 15 is 0 Å².